The minimum Gasteiger partial charge on any atom is -0.383 e. The van der Waals surface area contributed by atoms with Crippen molar-refractivity contribution in [3.8, 4) is 11.4 Å². The van der Waals surface area contributed by atoms with E-state index in [0.29, 0.717) is 24.1 Å². The van der Waals surface area contributed by atoms with Crippen molar-refractivity contribution in [3.05, 3.63) is 52.8 Å². The van der Waals surface area contributed by atoms with Crippen LogP contribution in [-0.2, 0) is 21.3 Å². The van der Waals surface area contributed by atoms with Crippen LogP contribution in [0.2, 0.25) is 0 Å². The predicted molar refractivity (Wildman–Crippen MR) is 122 cm³/mol. The molecule has 0 aliphatic rings. The van der Waals surface area contributed by atoms with Gasteiger partial charge in [-0.2, -0.15) is 0 Å². The van der Waals surface area contributed by atoms with Crippen LogP contribution in [0.3, 0.4) is 0 Å². The second-order valence-electron chi connectivity index (χ2n) is 8.03. The quantitative estimate of drug-likeness (QED) is 0.352. The van der Waals surface area contributed by atoms with Crippen LogP contribution in [-0.4, -0.2) is 52.3 Å². The largest absolute Gasteiger partial charge is 0.383 e. The number of benzene rings is 1. The van der Waals surface area contributed by atoms with Gasteiger partial charge in [0.2, 0.25) is 10.0 Å². The number of pyridine rings is 1. The van der Waals surface area contributed by atoms with Crippen LogP contribution in [0, 0.1) is 10.1 Å². The summed E-state index contributed by atoms with van der Waals surface area (Å²) in [6.07, 6.45) is 3.26. The average molecular weight is 493 g/mol. The molecule has 0 saturated heterocycles. The Morgan fingerprint density at radius 3 is 2.48 bits per heavy atom. The van der Waals surface area contributed by atoms with Gasteiger partial charge in [-0.15, -0.1) is 10.2 Å². The van der Waals surface area contributed by atoms with Crippen LogP contribution in [0.1, 0.15) is 20.8 Å². The lowest BCUT2D eigenvalue weighted by Crippen LogP contribution is -2.40. The van der Waals surface area contributed by atoms with Crippen LogP contribution < -0.4 is 4.72 Å². The molecule has 176 valence electrons. The predicted octanol–water partition coefficient (Wildman–Crippen LogP) is 3.12. The van der Waals surface area contributed by atoms with Gasteiger partial charge in [0.25, 0.3) is 5.69 Å². The molecule has 3 aromatic rings. The summed E-state index contributed by atoms with van der Waals surface area (Å²) >= 11 is 1.03. The van der Waals surface area contributed by atoms with Crippen molar-refractivity contribution >= 4 is 27.5 Å². The lowest BCUT2D eigenvalue weighted by Gasteiger charge is -2.20. The van der Waals surface area contributed by atoms with E-state index in [1.54, 1.807) is 57.0 Å². The van der Waals surface area contributed by atoms with Crippen LogP contribution in [0.25, 0.3) is 11.4 Å². The minimum absolute atomic E-state index is 0.188. The van der Waals surface area contributed by atoms with E-state index in [-0.39, 0.29) is 15.5 Å². The molecule has 0 unspecified atom stereocenters. The molecule has 0 radical (unpaired) electrons. The molecule has 1 N–H and O–H groups in total. The monoisotopic (exact) mass is 492 g/mol. The first kappa shape index (κ1) is 24.8. The molecule has 13 heteroatoms. The van der Waals surface area contributed by atoms with Gasteiger partial charge in [-0.05, 0) is 56.8 Å². The van der Waals surface area contributed by atoms with Gasteiger partial charge in [0, 0.05) is 36.7 Å². The number of nitrogens with one attached hydrogen (secondary N) is 1. The molecule has 0 fully saturated rings. The molecular formula is C20H24N6O5S2. The first-order valence-electron chi connectivity index (χ1n) is 9.84. The number of nitrogens with zero attached hydrogens (tertiary/aromatic N) is 5. The van der Waals surface area contributed by atoms with Crippen molar-refractivity contribution in [2.45, 2.75) is 47.8 Å². The van der Waals surface area contributed by atoms with Crippen molar-refractivity contribution in [1.29, 1.82) is 0 Å². The van der Waals surface area contributed by atoms with Crippen molar-refractivity contribution in [3.63, 3.8) is 0 Å². The Morgan fingerprint density at radius 1 is 1.18 bits per heavy atom. The second-order valence-corrected chi connectivity index (χ2v) is 10.7. The molecule has 0 bridgehead atoms. The molecule has 0 atom stereocenters. The fraction of sp³-hybridized carbons (Fsp3) is 0.350. The molecule has 0 saturated carbocycles. The summed E-state index contributed by atoms with van der Waals surface area (Å²) in [4.78, 5) is 15.2. The van der Waals surface area contributed by atoms with Crippen LogP contribution >= 0.6 is 11.8 Å². The van der Waals surface area contributed by atoms with E-state index in [2.05, 4.69) is 19.9 Å². The van der Waals surface area contributed by atoms with E-state index in [4.69, 9.17) is 4.74 Å². The van der Waals surface area contributed by atoms with Gasteiger partial charge in [-0.3, -0.25) is 19.7 Å². The summed E-state index contributed by atoms with van der Waals surface area (Å²) in [6, 6.07) is 7.36. The zero-order valence-electron chi connectivity index (χ0n) is 18.5. The number of nitro groups is 1. The van der Waals surface area contributed by atoms with E-state index in [1.807, 2.05) is 0 Å². The Hall–Kier alpha value is -2.87. The fourth-order valence-electron chi connectivity index (χ4n) is 2.92. The van der Waals surface area contributed by atoms with Gasteiger partial charge in [-0.25, -0.2) is 13.1 Å². The number of aromatic nitrogens is 4. The molecule has 2 aromatic heterocycles. The van der Waals surface area contributed by atoms with Crippen LogP contribution in [0.15, 0.2) is 57.7 Å². The number of ether oxygens (including phenoxy) is 1. The number of sulfonamides is 1. The number of hydrogen-bond acceptors (Lipinski definition) is 9. The summed E-state index contributed by atoms with van der Waals surface area (Å²) in [5, 5.41) is 20.6. The van der Waals surface area contributed by atoms with Gasteiger partial charge in [-0.1, -0.05) is 0 Å². The van der Waals surface area contributed by atoms with E-state index in [9.17, 15) is 18.5 Å². The Morgan fingerprint density at radius 2 is 1.88 bits per heavy atom. The van der Waals surface area contributed by atoms with Crippen molar-refractivity contribution in [1.82, 2.24) is 24.5 Å². The topological polar surface area (TPSA) is 142 Å². The smallest absolute Gasteiger partial charge is 0.284 e. The minimum atomic E-state index is -3.94. The van der Waals surface area contributed by atoms with Crippen molar-refractivity contribution in [2.24, 2.45) is 0 Å². The molecule has 11 nitrogen and oxygen atoms in total. The molecule has 1 aromatic carbocycles. The van der Waals surface area contributed by atoms with Gasteiger partial charge in [0.05, 0.1) is 27.9 Å². The normalized spacial score (nSPS) is 12.1. The molecule has 3 rings (SSSR count). The van der Waals surface area contributed by atoms with Crippen LogP contribution in [0.4, 0.5) is 5.69 Å². The van der Waals surface area contributed by atoms with E-state index >= 15 is 0 Å². The number of nitro benzene ring substituents is 1. The molecule has 0 amide bonds. The summed E-state index contributed by atoms with van der Waals surface area (Å²) in [6.45, 7) is 5.86. The Labute approximate surface area is 195 Å². The van der Waals surface area contributed by atoms with Gasteiger partial charge >= 0.3 is 0 Å². The van der Waals surface area contributed by atoms with Gasteiger partial charge < -0.3 is 4.74 Å². The number of methoxy groups -OCH3 is 1. The third-order valence-electron chi connectivity index (χ3n) is 4.25. The summed E-state index contributed by atoms with van der Waals surface area (Å²) in [5.41, 5.74) is -0.296. The molecule has 0 spiro atoms. The molecular weight excluding hydrogens is 468 g/mol. The SMILES string of the molecule is COCCn1c(Sc2ccc(S(=O)(=O)NC(C)(C)C)cc2[N+](=O)[O-])nnc1-c1ccncc1. The van der Waals surface area contributed by atoms with E-state index in [0.717, 1.165) is 23.4 Å². The summed E-state index contributed by atoms with van der Waals surface area (Å²) < 4.78 is 34.8. The fourth-order valence-corrected chi connectivity index (χ4v) is 5.29. The Kier molecular flexibility index (Phi) is 7.47. The highest BCUT2D eigenvalue weighted by molar-refractivity contribution is 7.99. The van der Waals surface area contributed by atoms with Crippen molar-refractivity contribution in [2.75, 3.05) is 13.7 Å². The Balaban J connectivity index is 2.01. The lowest BCUT2D eigenvalue weighted by molar-refractivity contribution is -0.388. The summed E-state index contributed by atoms with van der Waals surface area (Å²) in [5.74, 6) is 0.563. The van der Waals surface area contributed by atoms with Gasteiger partial charge in [0.15, 0.2) is 11.0 Å². The molecule has 0 aliphatic heterocycles. The van der Waals surface area contributed by atoms with Gasteiger partial charge in [0.1, 0.15) is 0 Å². The highest BCUT2D eigenvalue weighted by Crippen LogP contribution is 2.36. The lowest BCUT2D eigenvalue weighted by atomic mass is 10.1. The number of hydrogen-bond donors (Lipinski definition) is 1. The maximum absolute atomic E-state index is 12.6. The first-order chi connectivity index (χ1) is 15.5. The number of rotatable bonds is 9. The standard InChI is InChI=1S/C20H24N6O5S2/c1-20(2,3)24-33(29,30)15-5-6-17(16(13-15)26(27)28)32-19-23-22-18(25(19)11-12-31-4)14-7-9-21-10-8-14/h5-10,13,24H,11-12H2,1-4H3. The molecule has 2 heterocycles. The van der Waals surface area contributed by atoms with E-state index in [1.165, 1.54) is 12.1 Å². The molecule has 33 heavy (non-hydrogen) atoms. The zero-order valence-corrected chi connectivity index (χ0v) is 20.2. The summed E-state index contributed by atoms with van der Waals surface area (Å²) in [7, 11) is -2.37. The van der Waals surface area contributed by atoms with Crippen LogP contribution in [0.5, 0.6) is 0 Å². The molecule has 0 aliphatic carbocycles. The van der Waals surface area contributed by atoms with E-state index < -0.39 is 20.5 Å². The highest BCUT2D eigenvalue weighted by Gasteiger charge is 2.27. The third kappa shape index (κ3) is 6.13. The first-order valence-corrected chi connectivity index (χ1v) is 12.1. The zero-order chi connectivity index (χ0) is 24.2. The highest BCUT2D eigenvalue weighted by atomic mass is 32.2. The maximum Gasteiger partial charge on any atom is 0.284 e. The average Bonchev–Trinajstić information content (AvgIpc) is 3.13. The Bertz CT molecular complexity index is 1240. The third-order valence-corrected chi connectivity index (χ3v) is 7.06. The second kappa shape index (κ2) is 9.95. The maximum atomic E-state index is 12.6. The van der Waals surface area contributed by atoms with Crippen molar-refractivity contribution < 1.29 is 18.1 Å².